The predicted molar refractivity (Wildman–Crippen MR) is 224 cm³/mol. The third-order valence-electron chi connectivity index (χ3n) is 9.90. The van der Waals surface area contributed by atoms with Gasteiger partial charge >= 0.3 is 19.8 Å². The largest absolute Gasteiger partial charge is 0.472 e. The summed E-state index contributed by atoms with van der Waals surface area (Å²) in [5, 5.41) is 0. The van der Waals surface area contributed by atoms with Crippen molar-refractivity contribution in [2.45, 2.75) is 232 Å². The van der Waals surface area contributed by atoms with E-state index in [1.807, 2.05) is 0 Å². The lowest BCUT2D eigenvalue weighted by molar-refractivity contribution is -0.161. The molecule has 0 aliphatic rings. The topological polar surface area (TPSA) is 134 Å². The molecule has 54 heavy (non-hydrogen) atoms. The van der Waals surface area contributed by atoms with Crippen LogP contribution in [-0.2, 0) is 32.7 Å². The number of ether oxygens (including phenoxy) is 2. The highest BCUT2D eigenvalue weighted by atomic mass is 31.2. The van der Waals surface area contributed by atoms with Gasteiger partial charge in [0.25, 0.3) is 0 Å². The first kappa shape index (κ1) is 52.8. The van der Waals surface area contributed by atoms with Gasteiger partial charge in [-0.1, -0.05) is 187 Å². The molecule has 320 valence electrons. The molecule has 9 nitrogen and oxygen atoms in total. The number of rotatable bonds is 43. The van der Waals surface area contributed by atoms with E-state index in [-0.39, 0.29) is 38.6 Å². The van der Waals surface area contributed by atoms with Crippen LogP contribution >= 0.6 is 7.82 Å². The Kier molecular flexibility index (Phi) is 40.4. The van der Waals surface area contributed by atoms with Crippen LogP contribution in [0.3, 0.4) is 0 Å². The molecular formula is C44H86NO8P. The molecule has 0 fully saturated rings. The van der Waals surface area contributed by atoms with Crippen molar-refractivity contribution in [1.29, 1.82) is 0 Å². The van der Waals surface area contributed by atoms with E-state index in [1.165, 1.54) is 148 Å². The Morgan fingerprint density at radius 2 is 0.907 bits per heavy atom. The van der Waals surface area contributed by atoms with E-state index in [1.54, 1.807) is 0 Å². The molecule has 0 aromatic carbocycles. The molecule has 0 heterocycles. The van der Waals surface area contributed by atoms with Crippen molar-refractivity contribution in [1.82, 2.24) is 0 Å². The average Bonchev–Trinajstić information content (AvgIpc) is 3.16. The van der Waals surface area contributed by atoms with Gasteiger partial charge in [0.1, 0.15) is 6.61 Å². The van der Waals surface area contributed by atoms with E-state index < -0.39 is 26.5 Å². The Morgan fingerprint density at radius 1 is 0.537 bits per heavy atom. The van der Waals surface area contributed by atoms with E-state index in [9.17, 15) is 19.0 Å². The van der Waals surface area contributed by atoms with E-state index in [0.29, 0.717) is 6.42 Å². The fourth-order valence-electron chi connectivity index (χ4n) is 6.51. The zero-order valence-corrected chi connectivity index (χ0v) is 36.1. The molecule has 0 aromatic heterocycles. The number of carbonyl (C=O) groups excluding carboxylic acids is 2. The second-order valence-corrected chi connectivity index (χ2v) is 16.7. The maximum atomic E-state index is 12.6. The summed E-state index contributed by atoms with van der Waals surface area (Å²) in [6.45, 7) is 3.75. The van der Waals surface area contributed by atoms with E-state index in [4.69, 9.17) is 24.3 Å². The first-order chi connectivity index (χ1) is 26.3. The highest BCUT2D eigenvalue weighted by Gasteiger charge is 2.26. The molecule has 0 amide bonds. The summed E-state index contributed by atoms with van der Waals surface area (Å²) in [5.74, 6) is -0.821. The van der Waals surface area contributed by atoms with Crippen molar-refractivity contribution in [2.24, 2.45) is 5.73 Å². The van der Waals surface area contributed by atoms with Crippen LogP contribution in [0, 0.1) is 0 Å². The van der Waals surface area contributed by atoms with Crippen LogP contribution in [0.2, 0.25) is 0 Å². The number of phosphoric acid groups is 1. The van der Waals surface area contributed by atoms with Crippen LogP contribution in [0.1, 0.15) is 226 Å². The first-order valence-corrected chi connectivity index (χ1v) is 24.2. The maximum absolute atomic E-state index is 12.6. The molecule has 0 aliphatic heterocycles. The van der Waals surface area contributed by atoms with Gasteiger partial charge in [-0.15, -0.1) is 0 Å². The number of nitrogens with two attached hydrogens (primary N) is 1. The summed E-state index contributed by atoms with van der Waals surface area (Å²) in [5.41, 5.74) is 5.35. The molecule has 0 aromatic rings. The van der Waals surface area contributed by atoms with Gasteiger partial charge in [0, 0.05) is 19.4 Å². The van der Waals surface area contributed by atoms with Gasteiger partial charge in [-0.25, -0.2) is 4.57 Å². The zero-order valence-electron chi connectivity index (χ0n) is 35.2. The number of carbonyl (C=O) groups is 2. The molecule has 1 unspecified atom stereocenters. The molecule has 0 spiro atoms. The molecule has 0 saturated heterocycles. The summed E-state index contributed by atoms with van der Waals surface area (Å²) >= 11 is 0. The minimum absolute atomic E-state index is 0.0555. The lowest BCUT2D eigenvalue weighted by Crippen LogP contribution is -2.29. The van der Waals surface area contributed by atoms with Crippen molar-refractivity contribution >= 4 is 19.8 Å². The molecule has 0 bridgehead atoms. The molecule has 0 radical (unpaired) electrons. The Bertz CT molecular complexity index is 902. The van der Waals surface area contributed by atoms with Crippen molar-refractivity contribution in [3.8, 4) is 0 Å². The SMILES string of the molecule is CCCCCC/C=C/CCCCCCCCCC(=O)O[C@H](COC(=O)CCCCCCCCCCCCCCCCCCCC)COP(=O)(O)OCCN. The Balaban J connectivity index is 4.08. The zero-order chi connectivity index (χ0) is 39.6. The number of hydrogen-bond donors (Lipinski definition) is 2. The Morgan fingerprint density at radius 3 is 1.33 bits per heavy atom. The van der Waals surface area contributed by atoms with Crippen LogP contribution < -0.4 is 5.73 Å². The molecule has 10 heteroatoms. The number of phosphoric ester groups is 1. The molecule has 0 aliphatic carbocycles. The number of allylic oxidation sites excluding steroid dienone is 2. The van der Waals surface area contributed by atoms with Gasteiger partial charge in [-0.3, -0.25) is 18.6 Å². The molecule has 2 atom stereocenters. The van der Waals surface area contributed by atoms with E-state index >= 15 is 0 Å². The highest BCUT2D eigenvalue weighted by molar-refractivity contribution is 7.47. The predicted octanol–water partition coefficient (Wildman–Crippen LogP) is 13.0. The van der Waals surface area contributed by atoms with Gasteiger partial charge in [-0.2, -0.15) is 0 Å². The van der Waals surface area contributed by atoms with Crippen molar-refractivity contribution in [3.63, 3.8) is 0 Å². The van der Waals surface area contributed by atoms with Crippen molar-refractivity contribution in [2.75, 3.05) is 26.4 Å². The van der Waals surface area contributed by atoms with Crippen LogP contribution in [0.5, 0.6) is 0 Å². The smallest absolute Gasteiger partial charge is 0.462 e. The number of unbranched alkanes of at least 4 members (excludes halogenated alkanes) is 28. The monoisotopic (exact) mass is 788 g/mol. The fraction of sp³-hybridized carbons (Fsp3) is 0.909. The minimum atomic E-state index is -4.37. The van der Waals surface area contributed by atoms with Crippen molar-refractivity contribution < 1.29 is 37.6 Å². The summed E-state index contributed by atoms with van der Waals surface area (Å²) in [6.07, 6.45) is 42.4. The third-order valence-corrected chi connectivity index (χ3v) is 10.9. The highest BCUT2D eigenvalue weighted by Crippen LogP contribution is 2.43. The van der Waals surface area contributed by atoms with Crippen LogP contribution in [0.15, 0.2) is 12.2 Å². The van der Waals surface area contributed by atoms with Crippen LogP contribution in [0.4, 0.5) is 0 Å². The summed E-state index contributed by atoms with van der Waals surface area (Å²) in [4.78, 5) is 34.9. The summed E-state index contributed by atoms with van der Waals surface area (Å²) in [6, 6.07) is 0. The second kappa shape index (κ2) is 41.4. The van der Waals surface area contributed by atoms with Gasteiger partial charge in [-0.05, 0) is 38.5 Å². The standard InChI is InChI=1S/C44H86NO8P/c1-3-5-7-9-11-13-15-17-19-20-21-23-24-26-28-30-32-34-36-43(46)50-40-42(41-52-54(48,49)51-39-38-45)53-44(47)37-35-33-31-29-27-25-22-18-16-14-12-10-8-6-4-2/h14,16,42H,3-13,15,17-41,45H2,1-2H3,(H,48,49)/b16-14+/t42-/m1/s1. The van der Waals surface area contributed by atoms with Crippen molar-refractivity contribution in [3.05, 3.63) is 12.2 Å². The van der Waals surface area contributed by atoms with Gasteiger partial charge < -0.3 is 20.1 Å². The maximum Gasteiger partial charge on any atom is 0.472 e. The molecular weight excluding hydrogens is 701 g/mol. The summed E-state index contributed by atoms with van der Waals surface area (Å²) in [7, 11) is -4.37. The average molecular weight is 788 g/mol. The summed E-state index contributed by atoms with van der Waals surface area (Å²) < 4.78 is 32.8. The Labute approximate surface area is 332 Å². The fourth-order valence-corrected chi connectivity index (χ4v) is 7.28. The van der Waals surface area contributed by atoms with E-state index in [2.05, 4.69) is 26.0 Å². The first-order valence-electron chi connectivity index (χ1n) is 22.7. The molecule has 0 rings (SSSR count). The Hall–Kier alpha value is -1.25. The lowest BCUT2D eigenvalue weighted by atomic mass is 10.0. The van der Waals surface area contributed by atoms with E-state index in [0.717, 1.165) is 44.9 Å². The quantitative estimate of drug-likeness (QED) is 0.0268. The van der Waals surface area contributed by atoms with Gasteiger partial charge in [0.2, 0.25) is 0 Å². The third kappa shape index (κ3) is 40.4. The molecule has 3 N–H and O–H groups in total. The second-order valence-electron chi connectivity index (χ2n) is 15.3. The van der Waals surface area contributed by atoms with Crippen LogP contribution in [-0.4, -0.2) is 49.3 Å². The number of esters is 2. The molecule has 0 saturated carbocycles. The minimum Gasteiger partial charge on any atom is -0.462 e. The van der Waals surface area contributed by atoms with Gasteiger partial charge in [0.05, 0.1) is 13.2 Å². The normalized spacial score (nSPS) is 13.3. The number of hydrogen-bond acceptors (Lipinski definition) is 8. The van der Waals surface area contributed by atoms with Gasteiger partial charge in [0.15, 0.2) is 6.10 Å². The van der Waals surface area contributed by atoms with Crippen LogP contribution in [0.25, 0.3) is 0 Å². The lowest BCUT2D eigenvalue weighted by Gasteiger charge is -2.19.